The van der Waals surface area contributed by atoms with E-state index in [0.717, 1.165) is 6.07 Å². The Balaban J connectivity index is 2.40. The predicted octanol–water partition coefficient (Wildman–Crippen LogP) is 2.96. The topological polar surface area (TPSA) is 67.8 Å². The minimum Gasteiger partial charge on any atom is -0.444 e. The molecule has 2 unspecified atom stereocenters. The van der Waals surface area contributed by atoms with Gasteiger partial charge in [0.1, 0.15) is 23.1 Å². The zero-order valence-electron chi connectivity index (χ0n) is 13.9. The van der Waals surface area contributed by atoms with Gasteiger partial charge in [0.25, 0.3) is 0 Å². The van der Waals surface area contributed by atoms with E-state index < -0.39 is 40.9 Å². The SMILES string of the molecule is CC(C)(C)OC(=O)NC1(c2ccc(C(F)(F)F)cc2F)COCC1O. The molecule has 0 spiro atoms. The molecule has 1 aliphatic rings. The first-order valence-electron chi connectivity index (χ1n) is 7.49. The molecule has 2 atom stereocenters. The van der Waals surface area contributed by atoms with Gasteiger partial charge >= 0.3 is 12.3 Å². The number of alkyl halides is 3. The van der Waals surface area contributed by atoms with E-state index in [2.05, 4.69) is 5.32 Å². The number of carbonyl (C=O) groups is 1. The van der Waals surface area contributed by atoms with E-state index in [9.17, 15) is 27.5 Å². The number of nitrogens with one attached hydrogen (secondary N) is 1. The Morgan fingerprint density at radius 3 is 2.44 bits per heavy atom. The molecule has 1 aromatic carbocycles. The summed E-state index contributed by atoms with van der Waals surface area (Å²) < 4.78 is 62.7. The molecule has 1 heterocycles. The lowest BCUT2D eigenvalue weighted by Crippen LogP contribution is -2.55. The molecule has 140 valence electrons. The molecule has 0 aromatic heterocycles. The molecule has 1 amide bonds. The monoisotopic (exact) mass is 365 g/mol. The van der Waals surface area contributed by atoms with Crippen molar-refractivity contribution in [3.63, 3.8) is 0 Å². The molecule has 1 fully saturated rings. The fraction of sp³-hybridized carbons (Fsp3) is 0.562. The predicted molar refractivity (Wildman–Crippen MR) is 79.3 cm³/mol. The van der Waals surface area contributed by atoms with Crippen molar-refractivity contribution in [2.24, 2.45) is 0 Å². The Labute approximate surface area is 141 Å². The van der Waals surface area contributed by atoms with Gasteiger partial charge in [-0.15, -0.1) is 0 Å². The highest BCUT2D eigenvalue weighted by Gasteiger charge is 2.49. The molecule has 0 saturated carbocycles. The molecule has 2 N–H and O–H groups in total. The number of hydrogen-bond acceptors (Lipinski definition) is 4. The largest absolute Gasteiger partial charge is 0.444 e. The number of rotatable bonds is 2. The number of ether oxygens (including phenoxy) is 2. The second-order valence-electron chi connectivity index (χ2n) is 6.82. The van der Waals surface area contributed by atoms with Crippen molar-refractivity contribution in [2.45, 2.75) is 44.2 Å². The number of halogens is 4. The second-order valence-corrected chi connectivity index (χ2v) is 6.82. The zero-order valence-corrected chi connectivity index (χ0v) is 13.9. The van der Waals surface area contributed by atoms with Gasteiger partial charge in [-0.25, -0.2) is 9.18 Å². The number of benzene rings is 1. The van der Waals surface area contributed by atoms with Crippen LogP contribution in [0.2, 0.25) is 0 Å². The van der Waals surface area contributed by atoms with Crippen LogP contribution in [-0.4, -0.2) is 36.1 Å². The minimum absolute atomic E-state index is 0.212. The molecule has 1 saturated heterocycles. The van der Waals surface area contributed by atoms with Gasteiger partial charge in [0, 0.05) is 5.56 Å². The maximum Gasteiger partial charge on any atom is 0.416 e. The van der Waals surface area contributed by atoms with Gasteiger partial charge in [0.05, 0.1) is 18.8 Å². The maximum atomic E-state index is 14.4. The molecule has 1 aromatic rings. The van der Waals surface area contributed by atoms with Crippen LogP contribution >= 0.6 is 0 Å². The van der Waals surface area contributed by atoms with Crippen LogP contribution in [0.1, 0.15) is 31.9 Å². The fourth-order valence-corrected chi connectivity index (χ4v) is 2.55. The van der Waals surface area contributed by atoms with E-state index in [0.29, 0.717) is 12.1 Å². The minimum atomic E-state index is -4.71. The summed E-state index contributed by atoms with van der Waals surface area (Å²) in [5, 5.41) is 12.6. The van der Waals surface area contributed by atoms with E-state index in [1.165, 1.54) is 0 Å². The third-order valence-electron chi connectivity index (χ3n) is 3.68. The molecule has 0 radical (unpaired) electrons. The summed E-state index contributed by atoms with van der Waals surface area (Å²) in [6.45, 7) is 4.31. The standard InChI is InChI=1S/C16H19F4NO4/c1-14(2,3)25-13(23)21-15(8-24-7-12(15)22)10-5-4-9(6-11(10)17)16(18,19)20/h4-6,12,22H,7-8H2,1-3H3,(H,21,23). The number of carbonyl (C=O) groups excluding carboxylic acids is 1. The fourth-order valence-electron chi connectivity index (χ4n) is 2.55. The second kappa shape index (κ2) is 6.45. The van der Waals surface area contributed by atoms with Crippen LogP contribution in [0.25, 0.3) is 0 Å². The molecule has 0 aliphatic carbocycles. The summed E-state index contributed by atoms with van der Waals surface area (Å²) in [4.78, 5) is 12.1. The highest BCUT2D eigenvalue weighted by Crippen LogP contribution is 2.36. The summed E-state index contributed by atoms with van der Waals surface area (Å²) in [6.07, 6.45) is -7.02. The smallest absolute Gasteiger partial charge is 0.416 e. The van der Waals surface area contributed by atoms with Crippen molar-refractivity contribution < 1.29 is 36.9 Å². The van der Waals surface area contributed by atoms with Crippen LogP contribution in [0, 0.1) is 5.82 Å². The highest BCUT2D eigenvalue weighted by molar-refractivity contribution is 5.69. The number of hydrogen-bond donors (Lipinski definition) is 2. The number of aliphatic hydroxyl groups excluding tert-OH is 1. The molecule has 9 heteroatoms. The third-order valence-corrected chi connectivity index (χ3v) is 3.68. The lowest BCUT2D eigenvalue weighted by molar-refractivity contribution is -0.137. The first-order chi connectivity index (χ1) is 11.3. The van der Waals surface area contributed by atoms with E-state index in [4.69, 9.17) is 9.47 Å². The van der Waals surface area contributed by atoms with E-state index in [1.54, 1.807) is 20.8 Å². The van der Waals surface area contributed by atoms with E-state index in [1.807, 2.05) is 0 Å². The van der Waals surface area contributed by atoms with Crippen LogP contribution in [0.15, 0.2) is 18.2 Å². The average Bonchev–Trinajstić information content (AvgIpc) is 2.77. The molecule has 5 nitrogen and oxygen atoms in total. The summed E-state index contributed by atoms with van der Waals surface area (Å²) >= 11 is 0. The molecular formula is C16H19F4NO4. The molecule has 1 aliphatic heterocycles. The summed E-state index contributed by atoms with van der Waals surface area (Å²) in [5.74, 6) is -1.21. The lowest BCUT2D eigenvalue weighted by Gasteiger charge is -2.34. The number of aliphatic hydroxyl groups is 1. The number of alkyl carbamates (subject to hydrolysis) is 1. The van der Waals surface area contributed by atoms with Crippen molar-refractivity contribution in [1.82, 2.24) is 5.32 Å². The van der Waals surface area contributed by atoms with Crippen molar-refractivity contribution in [3.8, 4) is 0 Å². The van der Waals surface area contributed by atoms with Crippen molar-refractivity contribution in [2.75, 3.05) is 13.2 Å². The van der Waals surface area contributed by atoms with Crippen LogP contribution in [-0.2, 0) is 21.2 Å². The van der Waals surface area contributed by atoms with Gasteiger partial charge in [-0.1, -0.05) is 6.07 Å². The van der Waals surface area contributed by atoms with E-state index in [-0.39, 0.29) is 18.8 Å². The van der Waals surface area contributed by atoms with Crippen LogP contribution in [0.4, 0.5) is 22.4 Å². The lowest BCUT2D eigenvalue weighted by atomic mass is 9.86. The summed E-state index contributed by atoms with van der Waals surface area (Å²) in [5.41, 5.74) is -4.07. The van der Waals surface area contributed by atoms with Crippen molar-refractivity contribution >= 4 is 6.09 Å². The van der Waals surface area contributed by atoms with Gasteiger partial charge in [0.15, 0.2) is 0 Å². The van der Waals surface area contributed by atoms with Gasteiger partial charge in [-0.2, -0.15) is 13.2 Å². The molecular weight excluding hydrogens is 346 g/mol. The Hall–Kier alpha value is -1.87. The van der Waals surface area contributed by atoms with E-state index >= 15 is 0 Å². The van der Waals surface area contributed by atoms with Gasteiger partial charge in [-0.3, -0.25) is 0 Å². The normalized spacial score (nSPS) is 24.2. The molecule has 2 rings (SSSR count). The van der Waals surface area contributed by atoms with Crippen LogP contribution in [0.3, 0.4) is 0 Å². The Morgan fingerprint density at radius 2 is 2.00 bits per heavy atom. The van der Waals surface area contributed by atoms with Crippen LogP contribution < -0.4 is 5.32 Å². The Bertz CT molecular complexity index is 657. The van der Waals surface area contributed by atoms with Crippen LogP contribution in [0.5, 0.6) is 0 Å². The zero-order chi connectivity index (χ0) is 19.0. The summed E-state index contributed by atoms with van der Waals surface area (Å²) in [7, 11) is 0. The Morgan fingerprint density at radius 1 is 1.36 bits per heavy atom. The average molecular weight is 365 g/mol. The van der Waals surface area contributed by atoms with Gasteiger partial charge in [0.2, 0.25) is 0 Å². The van der Waals surface area contributed by atoms with Crippen molar-refractivity contribution in [1.29, 1.82) is 0 Å². The quantitative estimate of drug-likeness (QED) is 0.791. The number of amides is 1. The first-order valence-corrected chi connectivity index (χ1v) is 7.49. The van der Waals surface area contributed by atoms with Crippen molar-refractivity contribution in [3.05, 3.63) is 35.1 Å². The molecule has 0 bridgehead atoms. The Kier molecular flexibility index (Phi) is 5.02. The van der Waals surface area contributed by atoms with Gasteiger partial charge in [-0.05, 0) is 32.9 Å². The first kappa shape index (κ1) is 19.5. The highest BCUT2D eigenvalue weighted by atomic mass is 19.4. The third kappa shape index (κ3) is 4.21. The molecule has 25 heavy (non-hydrogen) atoms. The van der Waals surface area contributed by atoms with Gasteiger partial charge < -0.3 is 19.9 Å². The summed E-state index contributed by atoms with van der Waals surface area (Å²) in [6, 6.07) is 1.88. The maximum absolute atomic E-state index is 14.4.